The number of halogens is 1. The van der Waals surface area contributed by atoms with E-state index in [2.05, 4.69) is 30.4 Å². The molecular weight excluding hydrogens is 476 g/mol. The van der Waals surface area contributed by atoms with E-state index in [1.165, 1.54) is 6.07 Å². The van der Waals surface area contributed by atoms with Crippen LogP contribution in [0.4, 0.5) is 5.13 Å². The van der Waals surface area contributed by atoms with E-state index >= 15 is 0 Å². The fourth-order valence-corrected chi connectivity index (χ4v) is 4.68. The van der Waals surface area contributed by atoms with E-state index in [-0.39, 0.29) is 32.5 Å². The Kier molecular flexibility index (Phi) is 6.28. The van der Waals surface area contributed by atoms with Gasteiger partial charge in [0.15, 0.2) is 0 Å². The van der Waals surface area contributed by atoms with Crippen molar-refractivity contribution >= 4 is 44.0 Å². The predicted octanol–water partition coefficient (Wildman–Crippen LogP) is 3.28. The third-order valence-corrected chi connectivity index (χ3v) is 7.10. The highest BCUT2D eigenvalue weighted by molar-refractivity contribution is 7.91. The summed E-state index contributed by atoms with van der Waals surface area (Å²) in [5.74, 6) is -0.0984. The van der Waals surface area contributed by atoms with Crippen LogP contribution in [0.2, 0.25) is 5.02 Å². The second kappa shape index (κ2) is 9.12. The molecule has 0 aliphatic rings. The van der Waals surface area contributed by atoms with E-state index in [0.29, 0.717) is 17.2 Å². The van der Waals surface area contributed by atoms with E-state index < -0.39 is 15.9 Å². The van der Waals surface area contributed by atoms with Crippen molar-refractivity contribution in [3.8, 4) is 11.4 Å². The fourth-order valence-electron chi connectivity index (χ4n) is 2.54. The number of rotatable bonds is 7. The van der Waals surface area contributed by atoms with Crippen LogP contribution in [-0.2, 0) is 16.6 Å². The average molecular weight is 491 g/mol. The molecule has 4 rings (SSSR count). The molecule has 0 spiro atoms. The fraction of sp³-hybridized carbons (Fsp3) is 0.105. The maximum Gasteiger partial charge on any atom is 0.270 e. The van der Waals surface area contributed by atoms with Crippen LogP contribution in [0.5, 0.6) is 0 Å². The number of sulfonamides is 1. The van der Waals surface area contributed by atoms with Gasteiger partial charge in [0.25, 0.3) is 15.9 Å². The zero-order chi connectivity index (χ0) is 22.7. The highest BCUT2D eigenvalue weighted by Gasteiger charge is 2.22. The number of nitrogens with one attached hydrogen (secondary N) is 2. The summed E-state index contributed by atoms with van der Waals surface area (Å²) in [5.41, 5.74) is 2.06. The van der Waals surface area contributed by atoms with Crippen molar-refractivity contribution in [2.75, 3.05) is 5.32 Å². The Bertz CT molecular complexity index is 1370. The first-order valence-electron chi connectivity index (χ1n) is 9.10. The Labute approximate surface area is 191 Å². The van der Waals surface area contributed by atoms with Crippen LogP contribution >= 0.6 is 22.9 Å². The Morgan fingerprint density at radius 2 is 1.88 bits per heavy atom. The normalized spacial score (nSPS) is 11.4. The molecule has 2 heterocycles. The minimum Gasteiger partial charge on any atom is -0.338 e. The van der Waals surface area contributed by atoms with Gasteiger partial charge < -0.3 is 4.52 Å². The Morgan fingerprint density at radius 3 is 2.62 bits per heavy atom. The van der Waals surface area contributed by atoms with Gasteiger partial charge in [-0.1, -0.05) is 70.1 Å². The summed E-state index contributed by atoms with van der Waals surface area (Å²) in [7, 11) is -4.02. The van der Waals surface area contributed by atoms with Gasteiger partial charge in [-0.05, 0) is 19.1 Å². The second-order valence-electron chi connectivity index (χ2n) is 6.51. The van der Waals surface area contributed by atoms with Crippen LogP contribution < -0.4 is 10.0 Å². The van der Waals surface area contributed by atoms with Gasteiger partial charge in [0.1, 0.15) is 0 Å². The van der Waals surface area contributed by atoms with Crippen molar-refractivity contribution in [1.82, 2.24) is 25.1 Å². The molecule has 0 bridgehead atoms. The maximum absolute atomic E-state index is 12.5. The predicted molar refractivity (Wildman–Crippen MR) is 118 cm³/mol. The van der Waals surface area contributed by atoms with E-state index in [1.54, 1.807) is 18.2 Å². The molecule has 0 unspecified atom stereocenters. The number of aromatic nitrogens is 4. The lowest BCUT2D eigenvalue weighted by atomic mass is 10.1. The first-order valence-corrected chi connectivity index (χ1v) is 11.8. The van der Waals surface area contributed by atoms with Crippen LogP contribution in [0.15, 0.2) is 57.4 Å². The lowest BCUT2D eigenvalue weighted by Gasteiger charge is -2.02. The zero-order valence-corrected chi connectivity index (χ0v) is 18.8. The number of hydrogen-bond acceptors (Lipinski definition) is 9. The largest absolute Gasteiger partial charge is 0.338 e. The van der Waals surface area contributed by atoms with E-state index in [0.717, 1.165) is 11.1 Å². The molecule has 0 fully saturated rings. The summed E-state index contributed by atoms with van der Waals surface area (Å²) < 4.78 is 32.1. The number of aryl methyl sites for hydroxylation is 1. The first-order chi connectivity index (χ1) is 15.3. The number of amides is 1. The van der Waals surface area contributed by atoms with Gasteiger partial charge >= 0.3 is 0 Å². The molecule has 10 nitrogen and oxygen atoms in total. The van der Waals surface area contributed by atoms with E-state index in [9.17, 15) is 13.2 Å². The number of carbonyl (C=O) groups excluding carboxylic acids is 1. The molecular formula is C19H15ClN6O4S2. The maximum atomic E-state index is 12.5. The minimum atomic E-state index is -4.02. The molecule has 2 aromatic carbocycles. The molecule has 2 aromatic heterocycles. The van der Waals surface area contributed by atoms with Crippen molar-refractivity contribution in [2.24, 2.45) is 0 Å². The summed E-state index contributed by atoms with van der Waals surface area (Å²) in [4.78, 5) is 16.5. The molecule has 4 aromatic rings. The average Bonchev–Trinajstić information content (AvgIpc) is 3.43. The Balaban J connectivity index is 1.40. The summed E-state index contributed by atoms with van der Waals surface area (Å²) in [5, 5.41) is 13.9. The van der Waals surface area contributed by atoms with Gasteiger partial charge in [0.05, 0.1) is 17.1 Å². The SMILES string of the molecule is Cc1ccc(-c2noc(CNS(=O)(=O)c3nnc(NC(=O)c4ccccc4Cl)s3)n2)cc1. The quantitative estimate of drug-likeness (QED) is 0.376. The van der Waals surface area contributed by atoms with Crippen molar-refractivity contribution in [3.05, 3.63) is 70.6 Å². The molecule has 0 saturated heterocycles. The summed E-state index contributed by atoms with van der Waals surface area (Å²) in [6.45, 7) is 1.73. The monoisotopic (exact) mass is 490 g/mol. The van der Waals surface area contributed by atoms with Crippen molar-refractivity contribution < 1.29 is 17.7 Å². The number of carbonyl (C=O) groups is 1. The Morgan fingerprint density at radius 1 is 1.12 bits per heavy atom. The highest BCUT2D eigenvalue weighted by Crippen LogP contribution is 2.22. The first kappa shape index (κ1) is 22.0. The van der Waals surface area contributed by atoms with Crippen LogP contribution in [0.25, 0.3) is 11.4 Å². The lowest BCUT2D eigenvalue weighted by molar-refractivity contribution is 0.102. The van der Waals surface area contributed by atoms with E-state index in [4.69, 9.17) is 16.1 Å². The van der Waals surface area contributed by atoms with Crippen LogP contribution in [0.1, 0.15) is 21.8 Å². The topological polar surface area (TPSA) is 140 Å². The zero-order valence-electron chi connectivity index (χ0n) is 16.4. The molecule has 2 N–H and O–H groups in total. The minimum absolute atomic E-state index is 0.00902. The molecule has 13 heteroatoms. The standard InChI is InChI=1S/C19H15ClN6O4S2/c1-11-6-8-12(9-7-11)16-22-15(30-26-16)10-21-32(28,29)19-25-24-18(31-19)23-17(27)13-4-2-3-5-14(13)20/h2-9,21H,10H2,1H3,(H,23,24,27). The van der Waals surface area contributed by atoms with Gasteiger partial charge in [-0.3, -0.25) is 10.1 Å². The molecule has 32 heavy (non-hydrogen) atoms. The lowest BCUT2D eigenvalue weighted by Crippen LogP contribution is -2.23. The van der Waals surface area contributed by atoms with Gasteiger partial charge in [-0.15, -0.1) is 10.2 Å². The molecule has 0 aliphatic heterocycles. The summed E-state index contributed by atoms with van der Waals surface area (Å²) in [6, 6.07) is 13.9. The number of nitrogens with zero attached hydrogens (tertiary/aromatic N) is 4. The number of anilines is 1. The summed E-state index contributed by atoms with van der Waals surface area (Å²) >= 11 is 6.68. The van der Waals surface area contributed by atoms with Crippen LogP contribution in [0, 0.1) is 6.92 Å². The van der Waals surface area contributed by atoms with Crippen molar-refractivity contribution in [2.45, 2.75) is 17.8 Å². The van der Waals surface area contributed by atoms with Crippen molar-refractivity contribution in [3.63, 3.8) is 0 Å². The molecule has 0 saturated carbocycles. The second-order valence-corrected chi connectivity index (χ2v) is 9.83. The van der Waals surface area contributed by atoms with Crippen molar-refractivity contribution in [1.29, 1.82) is 0 Å². The molecule has 0 radical (unpaired) electrons. The molecule has 164 valence electrons. The number of hydrogen-bond donors (Lipinski definition) is 2. The highest BCUT2D eigenvalue weighted by atomic mass is 35.5. The van der Waals surface area contributed by atoms with Gasteiger partial charge in [-0.25, -0.2) is 8.42 Å². The van der Waals surface area contributed by atoms with Crippen LogP contribution in [0.3, 0.4) is 0 Å². The third kappa shape index (κ3) is 4.99. The third-order valence-electron chi connectivity index (χ3n) is 4.17. The Hall–Kier alpha value is -3.19. The van der Waals surface area contributed by atoms with Gasteiger partial charge in [0.2, 0.25) is 21.2 Å². The van der Waals surface area contributed by atoms with Gasteiger partial charge in [-0.2, -0.15) is 9.71 Å². The van der Waals surface area contributed by atoms with E-state index in [1.807, 2.05) is 31.2 Å². The molecule has 0 aliphatic carbocycles. The molecule has 0 atom stereocenters. The smallest absolute Gasteiger partial charge is 0.270 e. The van der Waals surface area contributed by atoms with Gasteiger partial charge in [0, 0.05) is 5.56 Å². The summed E-state index contributed by atoms with van der Waals surface area (Å²) in [6.07, 6.45) is 0. The number of benzene rings is 2. The molecule has 1 amide bonds. The van der Waals surface area contributed by atoms with Crippen LogP contribution in [-0.4, -0.2) is 34.7 Å².